The van der Waals surface area contributed by atoms with Crippen LogP contribution >= 0.6 is 23.2 Å². The van der Waals surface area contributed by atoms with Gasteiger partial charge in [0.2, 0.25) is 5.91 Å². The van der Waals surface area contributed by atoms with Gasteiger partial charge >= 0.3 is 0 Å². The average Bonchev–Trinajstić information content (AvgIpc) is 2.50. The number of benzene rings is 1. The first kappa shape index (κ1) is 17.5. The van der Waals surface area contributed by atoms with Crippen molar-refractivity contribution in [1.29, 1.82) is 0 Å². The van der Waals surface area contributed by atoms with E-state index in [2.05, 4.69) is 10.2 Å². The molecule has 0 radical (unpaired) electrons. The third-order valence-electron chi connectivity index (χ3n) is 4.06. The number of nitrogens with two attached hydrogens (primary N) is 1. The predicted octanol–water partition coefficient (Wildman–Crippen LogP) is 3.38. The summed E-state index contributed by atoms with van der Waals surface area (Å²) in [6.45, 7) is 3.59. The van der Waals surface area contributed by atoms with Crippen LogP contribution in [0.1, 0.15) is 25.7 Å². The van der Waals surface area contributed by atoms with E-state index in [0.29, 0.717) is 28.1 Å². The van der Waals surface area contributed by atoms with Crippen molar-refractivity contribution in [1.82, 2.24) is 4.90 Å². The second kappa shape index (κ2) is 8.73. The number of halogens is 2. The first-order chi connectivity index (χ1) is 10.6. The van der Waals surface area contributed by atoms with Crippen LogP contribution in [0.25, 0.3) is 0 Å². The van der Waals surface area contributed by atoms with Crippen molar-refractivity contribution in [3.05, 3.63) is 28.2 Å². The maximum absolute atomic E-state index is 12.1. The molecule has 1 saturated heterocycles. The largest absolute Gasteiger partial charge is 0.330 e. The molecule has 1 aliphatic rings. The van der Waals surface area contributed by atoms with Crippen molar-refractivity contribution in [2.24, 2.45) is 11.7 Å². The zero-order valence-electron chi connectivity index (χ0n) is 12.7. The summed E-state index contributed by atoms with van der Waals surface area (Å²) in [7, 11) is 0. The van der Waals surface area contributed by atoms with E-state index in [1.807, 2.05) is 0 Å². The van der Waals surface area contributed by atoms with E-state index >= 15 is 0 Å². The molecular formula is C16H23Cl2N3O. The van der Waals surface area contributed by atoms with Crippen LogP contribution in [-0.4, -0.2) is 37.0 Å². The molecular weight excluding hydrogens is 321 g/mol. The fraction of sp³-hybridized carbons (Fsp3) is 0.562. The number of amides is 1. The van der Waals surface area contributed by atoms with Gasteiger partial charge in [0, 0.05) is 19.5 Å². The molecule has 2 rings (SSSR count). The van der Waals surface area contributed by atoms with Gasteiger partial charge in [0.1, 0.15) is 0 Å². The van der Waals surface area contributed by atoms with Crippen molar-refractivity contribution in [3.63, 3.8) is 0 Å². The minimum Gasteiger partial charge on any atom is -0.330 e. The van der Waals surface area contributed by atoms with Gasteiger partial charge in [0.15, 0.2) is 0 Å². The van der Waals surface area contributed by atoms with Gasteiger partial charge in [-0.3, -0.25) is 4.79 Å². The molecule has 0 aliphatic carbocycles. The van der Waals surface area contributed by atoms with E-state index in [9.17, 15) is 4.79 Å². The molecule has 1 aromatic rings. The lowest BCUT2D eigenvalue weighted by molar-refractivity contribution is -0.116. The Morgan fingerprint density at radius 2 is 2.09 bits per heavy atom. The van der Waals surface area contributed by atoms with Crippen molar-refractivity contribution in [2.45, 2.75) is 25.7 Å². The number of nitrogens with one attached hydrogen (secondary N) is 1. The highest BCUT2D eigenvalue weighted by atomic mass is 35.5. The van der Waals surface area contributed by atoms with Gasteiger partial charge in [0.25, 0.3) is 0 Å². The quantitative estimate of drug-likeness (QED) is 0.832. The van der Waals surface area contributed by atoms with Crippen LogP contribution < -0.4 is 11.1 Å². The molecule has 0 spiro atoms. The monoisotopic (exact) mass is 343 g/mol. The Kier molecular flexibility index (Phi) is 6.96. The molecule has 1 heterocycles. The predicted molar refractivity (Wildman–Crippen MR) is 92.5 cm³/mol. The fourth-order valence-electron chi connectivity index (χ4n) is 2.90. The number of nitrogens with zero attached hydrogens (tertiary/aromatic N) is 1. The number of carbonyl (C=O) groups is 1. The van der Waals surface area contributed by atoms with E-state index in [4.69, 9.17) is 28.9 Å². The Morgan fingerprint density at radius 1 is 1.36 bits per heavy atom. The minimum absolute atomic E-state index is 0.0593. The summed E-state index contributed by atoms with van der Waals surface area (Å²) in [5, 5.41) is 3.73. The minimum atomic E-state index is -0.0593. The van der Waals surface area contributed by atoms with Crippen molar-refractivity contribution in [2.75, 3.05) is 31.5 Å². The molecule has 6 heteroatoms. The maximum Gasteiger partial charge on any atom is 0.225 e. The molecule has 22 heavy (non-hydrogen) atoms. The average molecular weight is 344 g/mol. The highest BCUT2D eigenvalue weighted by Crippen LogP contribution is 2.29. The lowest BCUT2D eigenvalue weighted by Crippen LogP contribution is -2.37. The molecule has 1 aliphatic heterocycles. The molecule has 3 N–H and O–H groups in total. The van der Waals surface area contributed by atoms with E-state index in [1.54, 1.807) is 18.2 Å². The maximum atomic E-state index is 12.1. The highest BCUT2D eigenvalue weighted by molar-refractivity contribution is 6.39. The third-order valence-corrected chi connectivity index (χ3v) is 4.69. The number of piperidine rings is 1. The summed E-state index contributed by atoms with van der Waals surface area (Å²) in [5.41, 5.74) is 6.13. The normalized spacial score (nSPS) is 19.1. The third kappa shape index (κ3) is 5.13. The van der Waals surface area contributed by atoms with E-state index in [0.717, 1.165) is 32.6 Å². The van der Waals surface area contributed by atoms with Crippen LogP contribution in [-0.2, 0) is 4.79 Å². The molecule has 1 unspecified atom stereocenters. The van der Waals surface area contributed by atoms with Crippen molar-refractivity contribution in [3.8, 4) is 0 Å². The highest BCUT2D eigenvalue weighted by Gasteiger charge is 2.20. The molecule has 4 nitrogen and oxygen atoms in total. The molecule has 0 saturated carbocycles. The molecule has 122 valence electrons. The fourth-order valence-corrected chi connectivity index (χ4v) is 3.40. The Hall–Kier alpha value is -0.810. The Bertz CT molecular complexity index is 488. The number of hydrogen-bond donors (Lipinski definition) is 2. The van der Waals surface area contributed by atoms with Crippen molar-refractivity contribution < 1.29 is 4.79 Å². The van der Waals surface area contributed by atoms with E-state index < -0.39 is 0 Å². The number of carbonyl (C=O) groups excluding carboxylic acids is 1. The van der Waals surface area contributed by atoms with Gasteiger partial charge in [0.05, 0.1) is 15.7 Å². The zero-order valence-corrected chi connectivity index (χ0v) is 14.2. The molecule has 1 atom stereocenters. The molecule has 1 aromatic carbocycles. The second-order valence-corrected chi connectivity index (χ2v) is 6.60. The first-order valence-electron chi connectivity index (χ1n) is 7.76. The SMILES string of the molecule is NCCC1CCCN(CCC(=O)Nc2c(Cl)cccc2Cl)C1. The lowest BCUT2D eigenvalue weighted by atomic mass is 9.95. The van der Waals surface area contributed by atoms with Crippen LogP contribution in [0.4, 0.5) is 5.69 Å². The summed E-state index contributed by atoms with van der Waals surface area (Å²) < 4.78 is 0. The second-order valence-electron chi connectivity index (χ2n) is 5.78. The lowest BCUT2D eigenvalue weighted by Gasteiger charge is -2.32. The number of anilines is 1. The van der Waals surface area contributed by atoms with Gasteiger partial charge in [-0.1, -0.05) is 29.3 Å². The van der Waals surface area contributed by atoms with Crippen LogP contribution in [0.2, 0.25) is 10.0 Å². The van der Waals surface area contributed by atoms with Crippen LogP contribution in [0.5, 0.6) is 0 Å². The summed E-state index contributed by atoms with van der Waals surface area (Å²) in [5.74, 6) is 0.607. The Morgan fingerprint density at radius 3 is 2.77 bits per heavy atom. The van der Waals surface area contributed by atoms with Crippen molar-refractivity contribution >= 4 is 34.8 Å². The number of para-hydroxylation sites is 1. The molecule has 1 amide bonds. The number of rotatable bonds is 6. The molecule has 1 fully saturated rings. The number of likely N-dealkylation sites (tertiary alicyclic amines) is 1. The van der Waals surface area contributed by atoms with Crippen LogP contribution in [0, 0.1) is 5.92 Å². The number of hydrogen-bond acceptors (Lipinski definition) is 3. The summed E-state index contributed by atoms with van der Waals surface area (Å²) in [4.78, 5) is 14.4. The first-order valence-corrected chi connectivity index (χ1v) is 8.52. The molecule has 0 aromatic heterocycles. The summed E-state index contributed by atoms with van der Waals surface area (Å²) in [6.07, 6.45) is 3.94. The van der Waals surface area contributed by atoms with Gasteiger partial charge < -0.3 is 16.0 Å². The molecule has 0 bridgehead atoms. The van der Waals surface area contributed by atoms with Gasteiger partial charge in [-0.2, -0.15) is 0 Å². The van der Waals surface area contributed by atoms with Crippen LogP contribution in [0.15, 0.2) is 18.2 Å². The summed E-state index contributed by atoms with van der Waals surface area (Å²) in [6, 6.07) is 5.18. The van der Waals surface area contributed by atoms with Crippen LogP contribution in [0.3, 0.4) is 0 Å². The Labute approximate surface area is 141 Å². The standard InChI is InChI=1S/C16H23Cl2N3O/c17-13-4-1-5-14(18)16(13)20-15(22)7-10-21-9-2-3-12(11-21)6-8-19/h1,4-5,12H,2-3,6-11,19H2,(H,20,22). The van der Waals surface area contributed by atoms with E-state index in [-0.39, 0.29) is 5.91 Å². The van der Waals surface area contributed by atoms with Gasteiger partial charge in [-0.25, -0.2) is 0 Å². The Balaban J connectivity index is 1.80. The smallest absolute Gasteiger partial charge is 0.225 e. The zero-order chi connectivity index (χ0) is 15.9. The van der Waals surface area contributed by atoms with E-state index in [1.165, 1.54) is 12.8 Å². The topological polar surface area (TPSA) is 58.4 Å². The van der Waals surface area contributed by atoms with Gasteiger partial charge in [-0.15, -0.1) is 0 Å². The van der Waals surface area contributed by atoms with Gasteiger partial charge in [-0.05, 0) is 50.4 Å². The summed E-state index contributed by atoms with van der Waals surface area (Å²) >= 11 is 12.1.